The minimum Gasteiger partial charge on any atom is -0.357 e. The van der Waals surface area contributed by atoms with Gasteiger partial charge in [-0.05, 0) is 56.6 Å². The van der Waals surface area contributed by atoms with Crippen molar-refractivity contribution in [3.05, 3.63) is 39.9 Å². The summed E-state index contributed by atoms with van der Waals surface area (Å²) in [4.78, 5) is 14.9. The molecule has 0 radical (unpaired) electrons. The van der Waals surface area contributed by atoms with Crippen LogP contribution in [0.1, 0.15) is 38.2 Å². The van der Waals surface area contributed by atoms with Crippen LogP contribution < -0.4 is 10.6 Å². The molecule has 0 aliphatic rings. The summed E-state index contributed by atoms with van der Waals surface area (Å²) in [6, 6.07) is 6.82. The van der Waals surface area contributed by atoms with Gasteiger partial charge in [-0.15, -0.1) is 24.0 Å². The standard InChI is InChI=1S/C18H30N4O2S.HI/c1-3-19-18(21-14-6-7-15-25-2)20-13-5-4-8-16-9-11-17(12-10-16)22(23)24;/h9-12H,3-8,13-15H2,1-2H3,(H2,19,20,21);1H. The van der Waals surface area contributed by atoms with Crippen LogP contribution in [0.25, 0.3) is 0 Å². The van der Waals surface area contributed by atoms with Gasteiger partial charge in [0.05, 0.1) is 4.92 Å². The first kappa shape index (κ1) is 25.0. The van der Waals surface area contributed by atoms with E-state index in [4.69, 9.17) is 0 Å². The number of benzene rings is 1. The van der Waals surface area contributed by atoms with E-state index in [1.807, 2.05) is 23.9 Å². The second-order valence-electron chi connectivity index (χ2n) is 5.77. The van der Waals surface area contributed by atoms with E-state index in [1.54, 1.807) is 12.1 Å². The minimum atomic E-state index is -0.365. The maximum atomic E-state index is 10.6. The van der Waals surface area contributed by atoms with Gasteiger partial charge >= 0.3 is 0 Å². The van der Waals surface area contributed by atoms with Crippen molar-refractivity contribution in [2.75, 3.05) is 31.6 Å². The Hall–Kier alpha value is -1.03. The summed E-state index contributed by atoms with van der Waals surface area (Å²) >= 11 is 1.88. The first-order chi connectivity index (χ1) is 12.2. The smallest absolute Gasteiger partial charge is 0.269 e. The van der Waals surface area contributed by atoms with E-state index >= 15 is 0 Å². The molecule has 0 spiro atoms. The largest absolute Gasteiger partial charge is 0.357 e. The number of rotatable bonds is 12. The summed E-state index contributed by atoms with van der Waals surface area (Å²) < 4.78 is 0. The third-order valence-electron chi connectivity index (χ3n) is 3.70. The van der Waals surface area contributed by atoms with Gasteiger partial charge in [0.1, 0.15) is 0 Å². The molecule has 1 aromatic carbocycles. The van der Waals surface area contributed by atoms with Crippen molar-refractivity contribution in [2.24, 2.45) is 4.99 Å². The van der Waals surface area contributed by atoms with Crippen molar-refractivity contribution < 1.29 is 4.92 Å². The average molecular weight is 494 g/mol. The van der Waals surface area contributed by atoms with Gasteiger partial charge < -0.3 is 10.6 Å². The molecule has 8 heteroatoms. The molecule has 0 bridgehead atoms. The lowest BCUT2D eigenvalue weighted by atomic mass is 10.1. The zero-order valence-electron chi connectivity index (χ0n) is 15.7. The quantitative estimate of drug-likeness (QED) is 0.114. The number of aliphatic imine (C=N–C) groups is 1. The van der Waals surface area contributed by atoms with E-state index in [9.17, 15) is 10.1 Å². The Morgan fingerprint density at radius 2 is 1.88 bits per heavy atom. The van der Waals surface area contributed by atoms with Gasteiger partial charge in [-0.1, -0.05) is 12.1 Å². The van der Waals surface area contributed by atoms with Crippen LogP contribution in [-0.4, -0.2) is 42.5 Å². The lowest BCUT2D eigenvalue weighted by molar-refractivity contribution is -0.384. The molecule has 0 amide bonds. The molecule has 1 aromatic rings. The number of nitrogens with one attached hydrogen (secondary N) is 2. The van der Waals surface area contributed by atoms with Crippen LogP contribution in [-0.2, 0) is 6.42 Å². The summed E-state index contributed by atoms with van der Waals surface area (Å²) in [5.74, 6) is 2.09. The van der Waals surface area contributed by atoms with E-state index < -0.39 is 0 Å². The SMILES string of the molecule is CCNC(=NCCCCSC)NCCCCc1ccc([N+](=O)[O-])cc1.I. The van der Waals surface area contributed by atoms with Crippen LogP contribution in [0.3, 0.4) is 0 Å². The number of non-ortho nitro benzene ring substituents is 1. The van der Waals surface area contributed by atoms with Crippen molar-refractivity contribution in [3.8, 4) is 0 Å². The Bertz CT molecular complexity index is 526. The molecular weight excluding hydrogens is 463 g/mol. The Kier molecular flexibility index (Phi) is 15.5. The fourth-order valence-corrected chi connectivity index (χ4v) is 2.83. The fourth-order valence-electron chi connectivity index (χ4n) is 2.34. The second-order valence-corrected chi connectivity index (χ2v) is 6.75. The molecule has 0 aliphatic carbocycles. The van der Waals surface area contributed by atoms with Crippen LogP contribution in [0, 0.1) is 10.1 Å². The molecule has 0 saturated heterocycles. The third-order valence-corrected chi connectivity index (χ3v) is 4.40. The summed E-state index contributed by atoms with van der Waals surface area (Å²) in [6.07, 6.45) is 7.47. The minimum absolute atomic E-state index is 0. The van der Waals surface area contributed by atoms with Crippen molar-refractivity contribution in [2.45, 2.75) is 39.0 Å². The highest BCUT2D eigenvalue weighted by molar-refractivity contribution is 14.0. The highest BCUT2D eigenvalue weighted by Gasteiger charge is 2.03. The van der Waals surface area contributed by atoms with Gasteiger partial charge in [-0.2, -0.15) is 11.8 Å². The van der Waals surface area contributed by atoms with Crippen molar-refractivity contribution in [1.29, 1.82) is 0 Å². The van der Waals surface area contributed by atoms with Gasteiger partial charge in [0.25, 0.3) is 5.69 Å². The zero-order chi connectivity index (χ0) is 18.3. The summed E-state index contributed by atoms with van der Waals surface area (Å²) in [5, 5.41) is 17.3. The van der Waals surface area contributed by atoms with Gasteiger partial charge in [-0.3, -0.25) is 15.1 Å². The maximum Gasteiger partial charge on any atom is 0.269 e. The molecule has 148 valence electrons. The molecule has 0 saturated carbocycles. The van der Waals surface area contributed by atoms with Gasteiger partial charge in [-0.25, -0.2) is 0 Å². The van der Waals surface area contributed by atoms with E-state index in [1.165, 1.54) is 12.2 Å². The average Bonchev–Trinajstić information content (AvgIpc) is 2.61. The first-order valence-electron chi connectivity index (χ1n) is 8.91. The Labute approximate surface area is 178 Å². The van der Waals surface area contributed by atoms with Gasteiger partial charge in [0.2, 0.25) is 0 Å². The maximum absolute atomic E-state index is 10.6. The molecule has 0 fully saturated rings. The predicted octanol–water partition coefficient (Wildman–Crippen LogP) is 4.23. The number of hydrogen-bond acceptors (Lipinski definition) is 4. The fraction of sp³-hybridized carbons (Fsp3) is 0.611. The van der Waals surface area contributed by atoms with Gasteiger partial charge in [0, 0.05) is 31.8 Å². The Balaban J connectivity index is 0.00000625. The van der Waals surface area contributed by atoms with Crippen LogP contribution in [0.4, 0.5) is 5.69 Å². The zero-order valence-corrected chi connectivity index (χ0v) is 18.8. The van der Waals surface area contributed by atoms with Crippen LogP contribution in [0.5, 0.6) is 0 Å². The Morgan fingerprint density at radius 3 is 2.50 bits per heavy atom. The highest BCUT2D eigenvalue weighted by atomic mass is 127. The third kappa shape index (κ3) is 11.6. The van der Waals surface area contributed by atoms with Crippen molar-refractivity contribution in [3.63, 3.8) is 0 Å². The number of nitro benzene ring substituents is 1. The number of halogens is 1. The lowest BCUT2D eigenvalue weighted by Gasteiger charge is -2.11. The molecule has 0 heterocycles. The molecule has 0 aliphatic heterocycles. The van der Waals surface area contributed by atoms with Crippen LogP contribution in [0.15, 0.2) is 29.3 Å². The van der Waals surface area contributed by atoms with E-state index in [0.717, 1.165) is 56.8 Å². The number of nitro groups is 1. The summed E-state index contributed by atoms with van der Waals surface area (Å²) in [7, 11) is 0. The number of hydrogen-bond donors (Lipinski definition) is 2. The summed E-state index contributed by atoms with van der Waals surface area (Å²) in [6.45, 7) is 4.67. The molecule has 26 heavy (non-hydrogen) atoms. The molecule has 1 rings (SSSR count). The molecule has 6 nitrogen and oxygen atoms in total. The highest BCUT2D eigenvalue weighted by Crippen LogP contribution is 2.13. The van der Waals surface area contributed by atoms with E-state index in [-0.39, 0.29) is 34.6 Å². The molecule has 0 atom stereocenters. The molecule has 0 unspecified atom stereocenters. The second kappa shape index (κ2) is 16.2. The lowest BCUT2D eigenvalue weighted by Crippen LogP contribution is -2.37. The van der Waals surface area contributed by atoms with Crippen molar-refractivity contribution in [1.82, 2.24) is 10.6 Å². The normalized spacial score (nSPS) is 10.9. The van der Waals surface area contributed by atoms with Crippen molar-refractivity contribution >= 4 is 47.4 Å². The van der Waals surface area contributed by atoms with E-state index in [0.29, 0.717) is 0 Å². The predicted molar refractivity (Wildman–Crippen MR) is 123 cm³/mol. The van der Waals surface area contributed by atoms with Gasteiger partial charge in [0.15, 0.2) is 5.96 Å². The van der Waals surface area contributed by atoms with Crippen LogP contribution in [0.2, 0.25) is 0 Å². The topological polar surface area (TPSA) is 79.6 Å². The first-order valence-corrected chi connectivity index (χ1v) is 10.3. The number of guanidine groups is 1. The molecular formula is C18H31IN4O2S. The number of unbranched alkanes of at least 4 members (excludes halogenated alkanes) is 2. The molecule has 0 aromatic heterocycles. The Morgan fingerprint density at radius 1 is 1.15 bits per heavy atom. The van der Waals surface area contributed by atoms with Crippen LogP contribution >= 0.6 is 35.7 Å². The van der Waals surface area contributed by atoms with E-state index in [2.05, 4.69) is 28.8 Å². The number of thioether (sulfide) groups is 1. The molecule has 2 N–H and O–H groups in total. The summed E-state index contributed by atoms with van der Waals surface area (Å²) in [5.41, 5.74) is 1.29. The number of aryl methyl sites for hydroxylation is 1. The monoisotopic (exact) mass is 494 g/mol. The number of nitrogens with zero attached hydrogens (tertiary/aromatic N) is 2.